The number of allylic oxidation sites excluding steroid dienone is 4. The van der Waals surface area contributed by atoms with Crippen molar-refractivity contribution in [2.24, 2.45) is 11.8 Å². The molecule has 2 saturated carbocycles. The molecule has 0 aromatic heterocycles. The number of ether oxygens (including phenoxy) is 12. The number of ketones is 4. The Balaban J connectivity index is 0.000000140. The van der Waals surface area contributed by atoms with Crippen molar-refractivity contribution in [2.75, 3.05) is 13.2 Å². The third-order valence-corrected chi connectivity index (χ3v) is 23.5. The lowest BCUT2D eigenvalue weighted by Gasteiger charge is -2.37. The molecule has 122 heavy (non-hydrogen) atoms. The monoisotopic (exact) mass is 1680 g/mol. The highest BCUT2D eigenvalue weighted by Gasteiger charge is 2.72. The number of fused-ring (bicyclic) bond motifs is 2. The Bertz CT molecular complexity index is 4890. The van der Waals surface area contributed by atoms with Gasteiger partial charge in [-0.2, -0.15) is 0 Å². The minimum Gasteiger partial charge on any atom is -0.437 e. The number of amides is 4. The predicted molar refractivity (Wildman–Crippen MR) is 421 cm³/mol. The van der Waals surface area contributed by atoms with Crippen molar-refractivity contribution in [3.05, 3.63) is 157 Å². The zero-order valence-corrected chi connectivity index (χ0v) is 67.1. The van der Waals surface area contributed by atoms with E-state index in [-0.39, 0.29) is 79.5 Å². The van der Waals surface area contributed by atoms with Crippen molar-refractivity contribution in [1.29, 1.82) is 0 Å². The van der Waals surface area contributed by atoms with Crippen molar-refractivity contribution in [3.8, 4) is 61.7 Å². The van der Waals surface area contributed by atoms with Gasteiger partial charge < -0.3 is 82.1 Å². The number of carbonyl (C=O) groups excluding carboxylic acids is 12. The van der Waals surface area contributed by atoms with Crippen LogP contribution in [0.15, 0.2) is 140 Å². The number of aliphatic hydroxyl groups is 4. The lowest BCUT2D eigenvalue weighted by Crippen LogP contribution is -2.55. The molecule has 4 amide bonds. The van der Waals surface area contributed by atoms with E-state index in [0.29, 0.717) is 48.7 Å². The average molecular weight is 1680 g/mol. The molecule has 0 bridgehead atoms. The van der Waals surface area contributed by atoms with Crippen LogP contribution in [0.1, 0.15) is 149 Å². The molecular formula is C90H92N4O28. The molecule has 4 N–H and O–H groups in total. The number of aldehydes is 1. The van der Waals surface area contributed by atoms with Crippen LogP contribution in [0.25, 0.3) is 0 Å². The minimum absolute atomic E-state index is 0.239. The number of hydrogen-bond acceptors (Lipinski definition) is 28. The first kappa shape index (κ1) is 89.8. The van der Waals surface area contributed by atoms with Gasteiger partial charge in [0.2, 0.25) is 46.0 Å². The molecule has 3 aromatic rings. The van der Waals surface area contributed by atoms with Crippen molar-refractivity contribution >= 4 is 71.0 Å². The van der Waals surface area contributed by atoms with Crippen LogP contribution in [0.3, 0.4) is 0 Å². The maximum Gasteiger partial charge on any atom is 0.340 e. The van der Waals surface area contributed by atoms with Crippen LogP contribution in [-0.4, -0.2) is 244 Å². The Hall–Kier alpha value is -11.5. The minimum atomic E-state index is -2.15. The summed E-state index contributed by atoms with van der Waals surface area (Å²) in [6, 6.07) is 25.5. The average Bonchev–Trinajstić information content (AvgIpc) is 1.55. The summed E-state index contributed by atoms with van der Waals surface area (Å²) in [4.78, 5) is 148. The molecule has 20 atom stereocenters. The molecule has 13 aliphatic rings. The first-order chi connectivity index (χ1) is 58.4. The molecule has 11 aliphatic heterocycles. The third-order valence-electron chi connectivity index (χ3n) is 23.5. The van der Waals surface area contributed by atoms with Crippen LogP contribution in [0.2, 0.25) is 0 Å². The zero-order chi connectivity index (χ0) is 87.9. The van der Waals surface area contributed by atoms with E-state index in [1.165, 1.54) is 51.5 Å². The zero-order valence-electron chi connectivity index (χ0n) is 67.1. The molecule has 32 nitrogen and oxygen atoms in total. The normalized spacial score (nSPS) is 34.6. The van der Waals surface area contributed by atoms with Gasteiger partial charge in [0.15, 0.2) is 71.5 Å². The van der Waals surface area contributed by atoms with Gasteiger partial charge in [0.05, 0.1) is 67.8 Å². The topological polar surface area (TPSA) is 409 Å². The summed E-state index contributed by atoms with van der Waals surface area (Å²) in [5.74, 6) is 5.19. The molecule has 11 heterocycles. The van der Waals surface area contributed by atoms with Crippen molar-refractivity contribution in [1.82, 2.24) is 19.6 Å². The molecule has 32 heteroatoms. The molecule has 2 spiro atoms. The highest BCUT2D eigenvalue weighted by atomic mass is 16.8. The second kappa shape index (κ2) is 37.1. The molecule has 640 valence electrons. The summed E-state index contributed by atoms with van der Waals surface area (Å²) in [6.07, 6.45) is 34.3. The number of rotatable bonds is 15. The molecule has 16 rings (SSSR count). The Morgan fingerprint density at radius 2 is 0.828 bits per heavy atom. The smallest absolute Gasteiger partial charge is 0.340 e. The van der Waals surface area contributed by atoms with E-state index in [1.54, 1.807) is 91.0 Å². The van der Waals surface area contributed by atoms with Crippen LogP contribution in [-0.2, 0) is 100.0 Å². The van der Waals surface area contributed by atoms with E-state index in [4.69, 9.17) is 94.1 Å². The third kappa shape index (κ3) is 17.0. The molecule has 9 fully saturated rings. The van der Waals surface area contributed by atoms with Crippen LogP contribution < -0.4 is 0 Å². The van der Waals surface area contributed by atoms with Gasteiger partial charge in [0.25, 0.3) is 6.29 Å². The summed E-state index contributed by atoms with van der Waals surface area (Å²) in [5.41, 5.74) is -6.71. The first-order valence-corrected chi connectivity index (χ1v) is 39.9. The Morgan fingerprint density at radius 1 is 0.467 bits per heavy atom. The van der Waals surface area contributed by atoms with Gasteiger partial charge in [0, 0.05) is 62.3 Å². The predicted octanol–water partition coefficient (Wildman–Crippen LogP) is 4.25. The van der Waals surface area contributed by atoms with Crippen molar-refractivity contribution in [2.45, 2.75) is 237 Å². The van der Waals surface area contributed by atoms with Gasteiger partial charge in [-0.3, -0.25) is 58.0 Å². The standard InChI is InChI=1S/C23H22O5.C21H21NO5.C17H19NO6.C17H17NO6.C12H13NO6/c1-4-19-16(3)23(5-2,28-21(25)18-14-10-7-11-15-18)22(26-19)27-20(24)17-12-8-6-9-13-17;1-4-17-14(3)21(5-2,27-19(25)15-9-7-6-8-10-15)20(26-17)22-12-11-16(23)13-18(22)24;2*1-2-17-14(23-16(24-17)6-3-4-7-16)12(10-19)22-15(17)18-8-5-11(20)9-13(18)21;1-2-12(18)10(17)8(6-14)19-11(12)13-4-3-7(15)5-9(13)16/h2,6-16,19,22H,4H2,1,3H3;2,6-12,14,17,20H,4,13H2,1,3H3;1,5,8,12,14-15,19H,3-4,6-7,9-10H2;1,5,8,10,12,14-15H,3-4,6-7,9H2;1,3-4,8,10-11,14,17-18H,5-6H2/t16-,19-,22?,23-;14-,17-,20-,21-;2*12-,14-,15-,17-;8-,10-,11-,12-/m11111/s1. The summed E-state index contributed by atoms with van der Waals surface area (Å²) in [6.45, 7) is 6.68. The number of hydrogen-bond donors (Lipinski definition) is 4. The van der Waals surface area contributed by atoms with Crippen LogP contribution in [0.4, 0.5) is 0 Å². The number of carbonyl (C=O) groups is 12. The summed E-state index contributed by atoms with van der Waals surface area (Å²) < 4.78 is 70.4. The summed E-state index contributed by atoms with van der Waals surface area (Å²) in [7, 11) is 0. The van der Waals surface area contributed by atoms with Crippen LogP contribution >= 0.6 is 0 Å². The fourth-order valence-corrected chi connectivity index (χ4v) is 17.0. The lowest BCUT2D eigenvalue weighted by molar-refractivity contribution is -0.230. The molecule has 7 saturated heterocycles. The Labute approximate surface area is 703 Å². The molecule has 3 aromatic carbocycles. The molecular weight excluding hydrogens is 1580 g/mol. The maximum absolute atomic E-state index is 12.7. The van der Waals surface area contributed by atoms with E-state index >= 15 is 0 Å². The largest absolute Gasteiger partial charge is 0.437 e. The highest BCUT2D eigenvalue weighted by molar-refractivity contribution is 6.08. The van der Waals surface area contributed by atoms with Crippen LogP contribution in [0.5, 0.6) is 0 Å². The van der Waals surface area contributed by atoms with E-state index < -0.39 is 156 Å². The second-order valence-corrected chi connectivity index (χ2v) is 30.9. The van der Waals surface area contributed by atoms with Gasteiger partial charge in [-0.1, -0.05) is 112 Å². The van der Waals surface area contributed by atoms with E-state index in [9.17, 15) is 72.9 Å². The Kier molecular flexibility index (Phi) is 27.3. The quantitative estimate of drug-likeness (QED) is 0.0543. The SMILES string of the molecule is C#C[C@@]1(O)[C@H](O)[C@@H](CO)O[C@H]1N1C=CC(=O)CC1=O.C#C[C@@]1(OC(=O)c2ccccc2)[C@H](C)[C@@H](CC)O[C@H]1N1C=CC(=O)CC1=O.C#C[C@@]12OC3(CCCC3)O[C@@H]1[C@@H](C=O)O[C@H]2N1C=CC(=O)CC1=O.C#C[C@@]12OC3(CCCC3)O[C@@H]1[C@@H](CO)O[C@H]2N1C=CC(=O)CC1=O.C#C[C@]1(OC(=O)c2ccccc2)C(OC(=O)c2ccccc2)O[C@H](CC)[C@H]1C. The van der Waals surface area contributed by atoms with E-state index in [0.717, 1.165) is 55.7 Å². The number of nitrogens with zero attached hydrogens (tertiary/aromatic N) is 4. The number of esters is 3. The number of terminal acetylenes is 5. The Morgan fingerprint density at radius 3 is 1.22 bits per heavy atom. The van der Waals surface area contributed by atoms with E-state index in [1.807, 2.05) is 33.6 Å². The van der Waals surface area contributed by atoms with Crippen molar-refractivity contribution < 1.29 is 135 Å². The van der Waals surface area contributed by atoms with Gasteiger partial charge in [-0.25, -0.2) is 14.4 Å². The van der Waals surface area contributed by atoms with Gasteiger partial charge in [-0.05, 0) is 99.2 Å². The highest BCUT2D eigenvalue weighted by Crippen LogP contribution is 2.55. The number of benzene rings is 3. The van der Waals surface area contributed by atoms with Gasteiger partial charge >= 0.3 is 17.9 Å². The number of aliphatic hydroxyl groups excluding tert-OH is 3. The van der Waals surface area contributed by atoms with Gasteiger partial charge in [-0.15, -0.1) is 32.1 Å². The molecule has 1 unspecified atom stereocenters. The second-order valence-electron chi connectivity index (χ2n) is 30.9. The first-order valence-electron chi connectivity index (χ1n) is 39.9. The fourth-order valence-electron chi connectivity index (χ4n) is 17.0. The van der Waals surface area contributed by atoms with Gasteiger partial charge in [0.1, 0.15) is 36.6 Å². The van der Waals surface area contributed by atoms with E-state index in [2.05, 4.69) is 23.7 Å². The van der Waals surface area contributed by atoms with Crippen LogP contribution in [0, 0.1) is 73.6 Å². The lowest BCUT2D eigenvalue weighted by atomic mass is 9.85. The molecule has 0 radical (unpaired) electrons. The fraction of sp³-hybridized carbons (Fsp3) is 0.467. The van der Waals surface area contributed by atoms with Crippen molar-refractivity contribution in [3.63, 3.8) is 0 Å². The molecule has 2 aliphatic carbocycles. The summed E-state index contributed by atoms with van der Waals surface area (Å²) >= 11 is 0. The summed E-state index contributed by atoms with van der Waals surface area (Å²) in [5, 5.41) is 38.8. The maximum atomic E-state index is 12.7.